The van der Waals surface area contributed by atoms with Crippen molar-refractivity contribution in [2.45, 2.75) is 109 Å². The molecule has 4 nitrogen and oxygen atoms in total. The van der Waals surface area contributed by atoms with Gasteiger partial charge in [0.05, 0.1) is 11.0 Å². The summed E-state index contributed by atoms with van der Waals surface area (Å²) in [5.74, 6) is 2.00. The molecule has 5 atom stereocenters. The number of amides is 1. The Bertz CT molecular complexity index is 923. The number of hydrogen-bond acceptors (Lipinski definition) is 3. The van der Waals surface area contributed by atoms with Crippen molar-refractivity contribution in [2.24, 2.45) is 23.2 Å². The number of rotatable bonds is 5. The fraction of sp³-hybridized carbons (Fsp3) is 0.786. The molecular weight excluding hydrogens is 451 g/mol. The highest BCUT2D eigenvalue weighted by Gasteiger charge is 2.56. The average molecular weight is 492 g/mol. The lowest BCUT2D eigenvalue weighted by Gasteiger charge is -2.40. The fourth-order valence-electron chi connectivity index (χ4n) is 8.03. The van der Waals surface area contributed by atoms with Gasteiger partial charge in [-0.05, 0) is 67.9 Å². The molecule has 1 amide bonds. The van der Waals surface area contributed by atoms with Crippen LogP contribution >= 0.6 is 0 Å². The lowest BCUT2D eigenvalue weighted by Crippen LogP contribution is -2.50. The van der Waals surface area contributed by atoms with Gasteiger partial charge in [-0.3, -0.25) is 9.78 Å². The number of nitrogens with zero attached hydrogens (tertiary/aromatic N) is 2. The zero-order valence-electron chi connectivity index (χ0n) is 21.2. The van der Waals surface area contributed by atoms with Gasteiger partial charge in [0.25, 0.3) is 0 Å². The first-order valence-corrected chi connectivity index (χ1v) is 13.9. The predicted octanol–water partition coefficient (Wildman–Crippen LogP) is 6.13. The molecule has 3 aliphatic carbocycles. The Hall–Kier alpha value is -1.63. The van der Waals surface area contributed by atoms with E-state index in [-0.39, 0.29) is 17.9 Å². The summed E-state index contributed by atoms with van der Waals surface area (Å²) in [6, 6.07) is 2.11. The van der Waals surface area contributed by atoms with Crippen molar-refractivity contribution in [3.63, 3.8) is 0 Å². The SMILES string of the molecule is CCC1CCCC(CC)C1NC1CC2CCCC2(C(=O)N2CCc3ncc(C(F)(F)F)cc3C2)C1. The van der Waals surface area contributed by atoms with Crippen molar-refractivity contribution < 1.29 is 18.0 Å². The third kappa shape index (κ3) is 4.62. The minimum atomic E-state index is -4.42. The van der Waals surface area contributed by atoms with Crippen molar-refractivity contribution in [1.29, 1.82) is 0 Å². The highest BCUT2D eigenvalue weighted by atomic mass is 19.4. The second-order valence-corrected chi connectivity index (χ2v) is 11.6. The number of nitrogens with one attached hydrogen (secondary N) is 1. The molecule has 1 aromatic rings. The molecule has 3 saturated carbocycles. The first-order chi connectivity index (χ1) is 16.7. The zero-order chi connectivity index (χ0) is 24.8. The second-order valence-electron chi connectivity index (χ2n) is 11.6. The van der Waals surface area contributed by atoms with Crippen LogP contribution in [0, 0.1) is 23.2 Å². The third-order valence-corrected chi connectivity index (χ3v) is 9.86. The minimum Gasteiger partial charge on any atom is -0.337 e. The molecule has 0 spiro atoms. The van der Waals surface area contributed by atoms with Gasteiger partial charge in [-0.15, -0.1) is 0 Å². The number of fused-ring (bicyclic) bond motifs is 2. The Balaban J connectivity index is 1.32. The zero-order valence-corrected chi connectivity index (χ0v) is 21.2. The maximum absolute atomic E-state index is 14.0. The molecule has 0 saturated heterocycles. The van der Waals surface area contributed by atoms with Gasteiger partial charge >= 0.3 is 6.18 Å². The molecule has 0 aromatic carbocycles. The van der Waals surface area contributed by atoms with Gasteiger partial charge in [0.15, 0.2) is 0 Å². The van der Waals surface area contributed by atoms with E-state index in [1.165, 1.54) is 38.2 Å². The Morgan fingerprint density at radius 1 is 1.17 bits per heavy atom. The summed E-state index contributed by atoms with van der Waals surface area (Å²) in [5, 5.41) is 4.06. The van der Waals surface area contributed by atoms with Crippen molar-refractivity contribution in [2.75, 3.05) is 6.54 Å². The summed E-state index contributed by atoms with van der Waals surface area (Å²) < 4.78 is 39.7. The largest absolute Gasteiger partial charge is 0.417 e. The van der Waals surface area contributed by atoms with E-state index in [1.54, 1.807) is 0 Å². The quantitative estimate of drug-likeness (QED) is 0.539. The van der Waals surface area contributed by atoms with Crippen LogP contribution in [0.4, 0.5) is 13.2 Å². The Labute approximate surface area is 207 Å². The Morgan fingerprint density at radius 2 is 1.91 bits per heavy atom. The maximum Gasteiger partial charge on any atom is 0.417 e. The summed E-state index contributed by atoms with van der Waals surface area (Å²) in [5.41, 5.74) is 0.178. The van der Waals surface area contributed by atoms with Gasteiger partial charge in [-0.2, -0.15) is 13.2 Å². The lowest BCUT2D eigenvalue weighted by atomic mass is 9.74. The fourth-order valence-corrected chi connectivity index (χ4v) is 8.03. The highest BCUT2D eigenvalue weighted by Crippen LogP contribution is 2.56. The Morgan fingerprint density at radius 3 is 2.60 bits per heavy atom. The van der Waals surface area contributed by atoms with E-state index in [9.17, 15) is 18.0 Å². The molecule has 7 heteroatoms. The van der Waals surface area contributed by atoms with Crippen LogP contribution in [0.5, 0.6) is 0 Å². The van der Waals surface area contributed by atoms with Gasteiger partial charge in [0.2, 0.25) is 5.91 Å². The number of alkyl halides is 3. The summed E-state index contributed by atoms with van der Waals surface area (Å²) >= 11 is 0. The van der Waals surface area contributed by atoms with Gasteiger partial charge in [-0.25, -0.2) is 0 Å². The van der Waals surface area contributed by atoms with Crippen LogP contribution in [0.1, 0.15) is 94.9 Å². The first kappa shape index (κ1) is 25.0. The van der Waals surface area contributed by atoms with Crippen molar-refractivity contribution >= 4 is 5.91 Å². The van der Waals surface area contributed by atoms with E-state index in [0.29, 0.717) is 42.2 Å². The van der Waals surface area contributed by atoms with E-state index in [4.69, 9.17) is 0 Å². The summed E-state index contributed by atoms with van der Waals surface area (Å²) in [7, 11) is 0. The molecule has 0 bridgehead atoms. The first-order valence-electron chi connectivity index (χ1n) is 13.9. The molecule has 1 aromatic heterocycles. The number of aromatic nitrogens is 1. The molecular formula is C28H40F3N3O. The summed E-state index contributed by atoms with van der Waals surface area (Å²) in [6.07, 6.45) is 8.38. The van der Waals surface area contributed by atoms with Gasteiger partial charge < -0.3 is 10.2 Å². The molecule has 1 aliphatic heterocycles. The van der Waals surface area contributed by atoms with Gasteiger partial charge in [0, 0.05) is 43.5 Å². The van der Waals surface area contributed by atoms with Gasteiger partial charge in [-0.1, -0.05) is 39.5 Å². The van der Waals surface area contributed by atoms with Crippen LogP contribution < -0.4 is 5.32 Å². The number of hydrogen-bond donors (Lipinski definition) is 1. The number of halogens is 3. The summed E-state index contributed by atoms with van der Waals surface area (Å²) in [6.45, 7) is 5.41. The number of pyridine rings is 1. The lowest BCUT2D eigenvalue weighted by molar-refractivity contribution is -0.144. The van der Waals surface area contributed by atoms with Crippen LogP contribution in [-0.2, 0) is 23.9 Å². The van der Waals surface area contributed by atoms with Crippen LogP contribution in [0.2, 0.25) is 0 Å². The molecule has 1 N–H and O–H groups in total. The molecule has 3 fully saturated rings. The summed E-state index contributed by atoms with van der Waals surface area (Å²) in [4.78, 5) is 20.0. The van der Waals surface area contributed by atoms with Crippen molar-refractivity contribution in [3.05, 3.63) is 29.1 Å². The normalized spacial score (nSPS) is 35.1. The molecule has 4 aliphatic rings. The van der Waals surface area contributed by atoms with Crippen LogP contribution in [0.25, 0.3) is 0 Å². The molecule has 2 heterocycles. The van der Waals surface area contributed by atoms with Crippen LogP contribution in [-0.4, -0.2) is 34.4 Å². The van der Waals surface area contributed by atoms with Crippen LogP contribution in [0.15, 0.2) is 12.3 Å². The standard InChI is InChI=1S/C28H40F3N3O/c1-3-18-7-5-8-19(4-2)25(18)33-23-14-21-9-6-11-27(21,15-23)26(35)34-12-10-24-20(17-34)13-22(16-32-24)28(29,30)31/h13,16,18-19,21,23,25,33H,3-12,14-15,17H2,1-2H3. The molecule has 194 valence electrons. The Kier molecular flexibility index (Phi) is 6.92. The predicted molar refractivity (Wildman–Crippen MR) is 129 cm³/mol. The second kappa shape index (κ2) is 9.68. The molecule has 5 unspecified atom stereocenters. The minimum absolute atomic E-state index is 0.176. The molecule has 35 heavy (non-hydrogen) atoms. The third-order valence-electron chi connectivity index (χ3n) is 9.86. The maximum atomic E-state index is 14.0. The topological polar surface area (TPSA) is 45.2 Å². The smallest absolute Gasteiger partial charge is 0.337 e. The monoisotopic (exact) mass is 491 g/mol. The number of carbonyl (C=O) groups excluding carboxylic acids is 1. The van der Waals surface area contributed by atoms with E-state index < -0.39 is 11.7 Å². The van der Waals surface area contributed by atoms with E-state index in [1.807, 2.05) is 4.90 Å². The van der Waals surface area contributed by atoms with E-state index in [2.05, 4.69) is 24.1 Å². The van der Waals surface area contributed by atoms with Crippen molar-refractivity contribution in [3.8, 4) is 0 Å². The molecule has 5 rings (SSSR count). The number of carbonyl (C=O) groups is 1. The molecule has 0 radical (unpaired) electrons. The average Bonchev–Trinajstić information content (AvgIpc) is 3.40. The van der Waals surface area contributed by atoms with Crippen molar-refractivity contribution in [1.82, 2.24) is 15.2 Å². The highest BCUT2D eigenvalue weighted by molar-refractivity contribution is 5.84. The van der Waals surface area contributed by atoms with Gasteiger partial charge in [0.1, 0.15) is 0 Å². The van der Waals surface area contributed by atoms with E-state index in [0.717, 1.165) is 50.1 Å². The van der Waals surface area contributed by atoms with Crippen LogP contribution in [0.3, 0.4) is 0 Å². The van der Waals surface area contributed by atoms with E-state index >= 15 is 0 Å².